The normalized spacial score (nSPS) is 18.1. The van der Waals surface area contributed by atoms with Crippen molar-refractivity contribution in [3.63, 3.8) is 0 Å². The number of carbonyl (C=O) groups is 5. The molecule has 1 aromatic rings. The Labute approximate surface area is 196 Å². The van der Waals surface area contributed by atoms with Crippen LogP contribution in [0.1, 0.15) is 24.8 Å². The first-order valence-electron chi connectivity index (χ1n) is 10.5. The van der Waals surface area contributed by atoms with E-state index in [4.69, 9.17) is 16.6 Å². The Hall–Kier alpha value is -3.12. The second-order valence-electron chi connectivity index (χ2n) is 7.80. The zero-order valence-corrected chi connectivity index (χ0v) is 18.9. The van der Waals surface area contributed by atoms with Crippen molar-refractivity contribution in [3.05, 3.63) is 35.9 Å². The zero-order chi connectivity index (χ0) is 24.5. The Kier molecular flexibility index (Phi) is 9.67. The van der Waals surface area contributed by atoms with Gasteiger partial charge in [0.15, 0.2) is 0 Å². The fraction of sp³-hybridized carbons (Fsp3) is 0.476. The summed E-state index contributed by atoms with van der Waals surface area (Å²) in [5.74, 6) is -4.13. The zero-order valence-electron chi connectivity index (χ0n) is 18.0. The fourth-order valence-electron chi connectivity index (χ4n) is 3.60. The van der Waals surface area contributed by atoms with Gasteiger partial charge in [-0.3, -0.25) is 19.2 Å². The van der Waals surface area contributed by atoms with Crippen LogP contribution in [0.5, 0.6) is 0 Å². The summed E-state index contributed by atoms with van der Waals surface area (Å²) in [7, 11) is 0. The molecule has 2 rings (SSSR count). The maximum absolute atomic E-state index is 13.2. The van der Waals surface area contributed by atoms with E-state index in [-0.39, 0.29) is 18.7 Å². The van der Waals surface area contributed by atoms with E-state index >= 15 is 0 Å². The van der Waals surface area contributed by atoms with Crippen molar-refractivity contribution < 1.29 is 29.1 Å². The highest BCUT2D eigenvalue weighted by Crippen LogP contribution is 2.20. The topological polar surface area (TPSA) is 185 Å². The number of carbonyl (C=O) groups excluding carboxylic acids is 4. The fourth-order valence-corrected chi connectivity index (χ4v) is 3.84. The van der Waals surface area contributed by atoms with Crippen LogP contribution >= 0.6 is 12.6 Å². The van der Waals surface area contributed by atoms with Crippen LogP contribution in [-0.4, -0.2) is 76.1 Å². The smallest absolute Gasteiger partial charge is 0.327 e. The third-order valence-electron chi connectivity index (χ3n) is 5.29. The van der Waals surface area contributed by atoms with Crippen LogP contribution in [0.4, 0.5) is 0 Å². The third-order valence-corrected chi connectivity index (χ3v) is 5.66. The standard InChI is InChI=1S/C21H29N5O6S/c22-13(9-12-5-2-1-3-6-12)18(28)24-14(10-17(23)27)20(30)26-8-4-7-16(26)19(29)25-15(11-33)21(31)32/h1-3,5-6,13-16,33H,4,7-11,22H2,(H2,23,27)(H,24,28)(H,25,29)(H,31,32). The molecule has 1 saturated heterocycles. The molecule has 1 heterocycles. The van der Waals surface area contributed by atoms with Crippen LogP contribution in [0.2, 0.25) is 0 Å². The lowest BCUT2D eigenvalue weighted by Gasteiger charge is -2.29. The van der Waals surface area contributed by atoms with Gasteiger partial charge < -0.3 is 32.1 Å². The molecular weight excluding hydrogens is 450 g/mol. The number of carboxylic acids is 1. The van der Waals surface area contributed by atoms with Gasteiger partial charge in [0.25, 0.3) is 0 Å². The van der Waals surface area contributed by atoms with Gasteiger partial charge >= 0.3 is 5.97 Å². The highest BCUT2D eigenvalue weighted by molar-refractivity contribution is 7.80. The Bertz CT molecular complexity index is 883. The minimum absolute atomic E-state index is 0.124. The molecule has 0 saturated carbocycles. The van der Waals surface area contributed by atoms with Crippen LogP contribution in [0, 0.1) is 0 Å². The lowest BCUT2D eigenvalue weighted by molar-refractivity contribution is -0.145. The van der Waals surface area contributed by atoms with Gasteiger partial charge in [0.1, 0.15) is 18.1 Å². The predicted molar refractivity (Wildman–Crippen MR) is 122 cm³/mol. The Balaban J connectivity index is 2.10. The van der Waals surface area contributed by atoms with E-state index in [0.29, 0.717) is 12.8 Å². The van der Waals surface area contributed by atoms with E-state index in [1.165, 1.54) is 4.90 Å². The molecule has 4 unspecified atom stereocenters. The summed E-state index contributed by atoms with van der Waals surface area (Å²) in [6, 6.07) is 4.63. The summed E-state index contributed by atoms with van der Waals surface area (Å²) in [5, 5.41) is 14.0. The van der Waals surface area contributed by atoms with Crippen molar-refractivity contribution in [2.75, 3.05) is 12.3 Å². The molecule has 11 nitrogen and oxygen atoms in total. The van der Waals surface area contributed by atoms with Crippen LogP contribution in [0.15, 0.2) is 30.3 Å². The maximum Gasteiger partial charge on any atom is 0.327 e. The van der Waals surface area contributed by atoms with E-state index in [1.54, 1.807) is 12.1 Å². The van der Waals surface area contributed by atoms with E-state index in [0.717, 1.165) is 5.56 Å². The molecule has 12 heteroatoms. The van der Waals surface area contributed by atoms with Gasteiger partial charge in [-0.05, 0) is 24.8 Å². The van der Waals surface area contributed by atoms with Gasteiger partial charge in [-0.25, -0.2) is 4.79 Å². The molecule has 4 amide bonds. The van der Waals surface area contributed by atoms with Gasteiger partial charge in [-0.1, -0.05) is 30.3 Å². The summed E-state index contributed by atoms with van der Waals surface area (Å²) >= 11 is 3.91. The molecule has 0 bridgehead atoms. The van der Waals surface area contributed by atoms with Crippen molar-refractivity contribution in [2.24, 2.45) is 11.5 Å². The van der Waals surface area contributed by atoms with E-state index in [9.17, 15) is 24.0 Å². The molecule has 1 fully saturated rings. The minimum atomic E-state index is -1.30. The van der Waals surface area contributed by atoms with Gasteiger partial charge in [0.05, 0.1) is 12.5 Å². The molecule has 4 atom stereocenters. The first-order chi connectivity index (χ1) is 15.6. The maximum atomic E-state index is 13.2. The van der Waals surface area contributed by atoms with E-state index in [1.807, 2.05) is 18.2 Å². The Morgan fingerprint density at radius 2 is 1.79 bits per heavy atom. The average Bonchev–Trinajstić information content (AvgIpc) is 3.26. The van der Waals surface area contributed by atoms with Crippen molar-refractivity contribution >= 4 is 42.2 Å². The number of amides is 4. The lowest BCUT2D eigenvalue weighted by Crippen LogP contribution is -2.57. The Morgan fingerprint density at radius 3 is 2.36 bits per heavy atom. The summed E-state index contributed by atoms with van der Waals surface area (Å²) in [5.41, 5.74) is 12.1. The van der Waals surface area contributed by atoms with Crippen molar-refractivity contribution in [2.45, 2.75) is 49.9 Å². The van der Waals surface area contributed by atoms with Crippen molar-refractivity contribution in [1.82, 2.24) is 15.5 Å². The van der Waals surface area contributed by atoms with Crippen LogP contribution in [-0.2, 0) is 30.4 Å². The van der Waals surface area contributed by atoms with Gasteiger partial charge in [0.2, 0.25) is 23.6 Å². The Morgan fingerprint density at radius 1 is 1.12 bits per heavy atom. The number of aliphatic carboxylic acids is 1. The second kappa shape index (κ2) is 12.2. The summed E-state index contributed by atoms with van der Waals surface area (Å²) in [4.78, 5) is 62.4. The number of benzene rings is 1. The molecule has 1 aliphatic rings. The monoisotopic (exact) mass is 479 g/mol. The third kappa shape index (κ3) is 7.46. The highest BCUT2D eigenvalue weighted by atomic mass is 32.1. The quantitative estimate of drug-likeness (QED) is 0.206. The number of hydrogen-bond acceptors (Lipinski definition) is 7. The lowest BCUT2D eigenvalue weighted by atomic mass is 10.0. The number of nitrogens with zero attached hydrogens (tertiary/aromatic N) is 1. The van der Waals surface area contributed by atoms with Crippen molar-refractivity contribution in [3.8, 4) is 0 Å². The molecule has 0 aromatic heterocycles. The predicted octanol–water partition coefficient (Wildman–Crippen LogP) is -1.59. The highest BCUT2D eigenvalue weighted by Gasteiger charge is 2.39. The number of rotatable bonds is 11. The van der Waals surface area contributed by atoms with Crippen molar-refractivity contribution in [1.29, 1.82) is 0 Å². The number of nitrogens with one attached hydrogen (secondary N) is 2. The minimum Gasteiger partial charge on any atom is -0.480 e. The molecule has 1 aromatic carbocycles. The number of primary amides is 1. The van der Waals surface area contributed by atoms with E-state index < -0.39 is 60.2 Å². The molecule has 1 aliphatic heterocycles. The summed E-state index contributed by atoms with van der Waals surface area (Å²) in [6.45, 7) is 0.205. The number of likely N-dealkylation sites (tertiary alicyclic amines) is 1. The van der Waals surface area contributed by atoms with Gasteiger partial charge in [-0.2, -0.15) is 12.6 Å². The molecule has 7 N–H and O–H groups in total. The number of nitrogens with two attached hydrogens (primary N) is 2. The van der Waals surface area contributed by atoms with Gasteiger partial charge in [0, 0.05) is 12.3 Å². The summed E-state index contributed by atoms with van der Waals surface area (Å²) < 4.78 is 0. The number of hydrogen-bond donors (Lipinski definition) is 6. The first-order valence-corrected chi connectivity index (χ1v) is 11.1. The molecule has 0 radical (unpaired) electrons. The molecule has 0 spiro atoms. The van der Waals surface area contributed by atoms with E-state index in [2.05, 4.69) is 23.3 Å². The average molecular weight is 480 g/mol. The van der Waals surface area contributed by atoms with Gasteiger partial charge in [-0.15, -0.1) is 0 Å². The molecule has 180 valence electrons. The van der Waals surface area contributed by atoms with Crippen LogP contribution in [0.3, 0.4) is 0 Å². The first kappa shape index (κ1) is 26.1. The second-order valence-corrected chi connectivity index (χ2v) is 8.16. The molecular formula is C21H29N5O6S. The molecule has 0 aliphatic carbocycles. The SMILES string of the molecule is NC(=O)CC(NC(=O)C(N)Cc1ccccc1)C(=O)N1CCCC1C(=O)NC(CS)C(=O)O. The largest absolute Gasteiger partial charge is 0.480 e. The van der Waals surface area contributed by atoms with Crippen LogP contribution in [0.25, 0.3) is 0 Å². The van der Waals surface area contributed by atoms with Crippen LogP contribution < -0.4 is 22.1 Å². The molecule has 33 heavy (non-hydrogen) atoms. The number of carboxylic acid groups (broad SMARTS) is 1. The number of thiol groups is 1. The summed E-state index contributed by atoms with van der Waals surface area (Å²) in [6.07, 6.45) is 0.551.